The third kappa shape index (κ3) is 6.30. The summed E-state index contributed by atoms with van der Waals surface area (Å²) in [5, 5.41) is 13.5. The number of amides is 2. The first kappa shape index (κ1) is 20.8. The predicted molar refractivity (Wildman–Crippen MR) is 108 cm³/mol. The highest BCUT2D eigenvalue weighted by molar-refractivity contribution is 8.00. The average Bonchev–Trinajstić information content (AvgIpc) is 2.66. The zero-order chi connectivity index (χ0) is 19.8. The van der Waals surface area contributed by atoms with E-state index in [1.54, 1.807) is 19.2 Å². The fourth-order valence-corrected chi connectivity index (χ4v) is 3.55. The molecule has 142 valence electrons. The van der Waals surface area contributed by atoms with Crippen LogP contribution in [0.5, 0.6) is 0 Å². The van der Waals surface area contributed by atoms with Crippen LogP contribution in [0.1, 0.15) is 0 Å². The van der Waals surface area contributed by atoms with Gasteiger partial charge in [-0.15, -0.1) is 23.5 Å². The fourth-order valence-electron chi connectivity index (χ4n) is 2.16. The molecule has 0 fully saturated rings. The van der Waals surface area contributed by atoms with Gasteiger partial charge in [0.2, 0.25) is 11.8 Å². The highest BCUT2D eigenvalue weighted by Crippen LogP contribution is 2.24. The van der Waals surface area contributed by atoms with Gasteiger partial charge in [-0.25, -0.2) is 0 Å². The van der Waals surface area contributed by atoms with Gasteiger partial charge >= 0.3 is 0 Å². The minimum absolute atomic E-state index is 0.00462. The first-order chi connectivity index (χ1) is 12.9. The topological polar surface area (TPSA) is 92.6 Å². The van der Waals surface area contributed by atoms with E-state index in [0.717, 1.165) is 15.5 Å². The van der Waals surface area contributed by atoms with E-state index in [1.165, 1.54) is 40.6 Å². The molecule has 0 radical (unpaired) electrons. The van der Waals surface area contributed by atoms with Crippen LogP contribution in [0.15, 0.2) is 58.3 Å². The summed E-state index contributed by atoms with van der Waals surface area (Å²) in [6.07, 6.45) is 1.93. The number of hydrogen-bond acceptors (Lipinski definition) is 6. The van der Waals surface area contributed by atoms with Crippen LogP contribution in [0.2, 0.25) is 0 Å². The highest BCUT2D eigenvalue weighted by atomic mass is 32.2. The van der Waals surface area contributed by atoms with E-state index in [2.05, 4.69) is 5.32 Å². The predicted octanol–water partition coefficient (Wildman–Crippen LogP) is 3.51. The molecule has 0 aliphatic carbocycles. The number of para-hydroxylation sites is 1. The molecule has 2 aromatic rings. The smallest absolute Gasteiger partial charge is 0.269 e. The summed E-state index contributed by atoms with van der Waals surface area (Å²) < 4.78 is 0. The molecular formula is C18H19N3O4S2. The molecule has 0 unspecified atom stereocenters. The van der Waals surface area contributed by atoms with Crippen molar-refractivity contribution in [3.63, 3.8) is 0 Å². The molecular weight excluding hydrogens is 386 g/mol. The Labute approximate surface area is 165 Å². The van der Waals surface area contributed by atoms with Crippen molar-refractivity contribution >= 4 is 46.7 Å². The van der Waals surface area contributed by atoms with Crippen molar-refractivity contribution in [2.75, 3.05) is 30.9 Å². The Bertz CT molecular complexity index is 828. The number of nitro benzene ring substituents is 1. The van der Waals surface area contributed by atoms with E-state index in [1.807, 2.05) is 30.5 Å². The molecule has 7 nitrogen and oxygen atoms in total. The van der Waals surface area contributed by atoms with Crippen molar-refractivity contribution < 1.29 is 14.5 Å². The van der Waals surface area contributed by atoms with Crippen molar-refractivity contribution in [3.05, 3.63) is 58.6 Å². The lowest BCUT2D eigenvalue weighted by molar-refractivity contribution is -0.384. The number of likely N-dealkylation sites (N-methyl/N-ethyl adjacent to an activating group) is 1. The molecule has 2 amide bonds. The van der Waals surface area contributed by atoms with Gasteiger partial charge in [-0.3, -0.25) is 19.7 Å². The Kier molecular flexibility index (Phi) is 7.68. The molecule has 27 heavy (non-hydrogen) atoms. The number of rotatable bonds is 8. The zero-order valence-electron chi connectivity index (χ0n) is 14.9. The third-order valence-corrected chi connectivity index (χ3v) is 5.39. The van der Waals surface area contributed by atoms with Crippen LogP contribution in [0.3, 0.4) is 0 Å². The number of nitrogens with zero attached hydrogens (tertiary/aromatic N) is 2. The van der Waals surface area contributed by atoms with Gasteiger partial charge in [-0.05, 0) is 30.5 Å². The lowest BCUT2D eigenvalue weighted by atomic mass is 10.3. The van der Waals surface area contributed by atoms with Crippen LogP contribution >= 0.6 is 23.5 Å². The Hall–Kier alpha value is -2.52. The number of anilines is 1. The summed E-state index contributed by atoms with van der Waals surface area (Å²) in [4.78, 5) is 37.6. The Morgan fingerprint density at radius 1 is 1.15 bits per heavy atom. The number of non-ortho nitro benzene ring substituents is 1. The van der Waals surface area contributed by atoms with Crippen LogP contribution in [-0.4, -0.2) is 47.2 Å². The van der Waals surface area contributed by atoms with Gasteiger partial charge in [0, 0.05) is 29.0 Å². The molecule has 0 heterocycles. The van der Waals surface area contributed by atoms with Crippen LogP contribution in [0.4, 0.5) is 11.4 Å². The molecule has 0 saturated carbocycles. The molecule has 2 aromatic carbocycles. The molecule has 0 atom stereocenters. The molecule has 0 aliphatic rings. The second kappa shape index (κ2) is 9.98. The van der Waals surface area contributed by atoms with Crippen LogP contribution < -0.4 is 5.32 Å². The maximum atomic E-state index is 12.2. The molecule has 9 heteroatoms. The van der Waals surface area contributed by atoms with Gasteiger partial charge in [0.05, 0.1) is 22.9 Å². The summed E-state index contributed by atoms with van der Waals surface area (Å²) in [7, 11) is 1.57. The van der Waals surface area contributed by atoms with E-state index in [-0.39, 0.29) is 29.8 Å². The SMILES string of the molecule is CSc1ccccc1NC(=O)CN(C)C(=O)CSc1ccc([N+](=O)[O-])cc1. The molecule has 2 rings (SSSR count). The number of hydrogen-bond donors (Lipinski definition) is 1. The standard InChI is InChI=1S/C18H19N3O4S2/c1-20(11-17(22)19-15-5-3-4-6-16(15)26-2)18(23)12-27-14-9-7-13(8-10-14)21(24)25/h3-10H,11-12H2,1-2H3,(H,19,22). The molecule has 0 spiro atoms. The van der Waals surface area contributed by atoms with Crippen molar-refractivity contribution in [1.29, 1.82) is 0 Å². The summed E-state index contributed by atoms with van der Waals surface area (Å²) in [6.45, 7) is -0.0532. The number of thioether (sulfide) groups is 2. The van der Waals surface area contributed by atoms with Crippen molar-refractivity contribution in [3.8, 4) is 0 Å². The molecule has 0 bridgehead atoms. The van der Waals surface area contributed by atoms with Gasteiger partial charge in [0.1, 0.15) is 0 Å². The summed E-state index contributed by atoms with van der Waals surface area (Å²) in [5.74, 6) is -0.331. The van der Waals surface area contributed by atoms with E-state index in [9.17, 15) is 19.7 Å². The first-order valence-electron chi connectivity index (χ1n) is 7.95. The Morgan fingerprint density at radius 2 is 1.81 bits per heavy atom. The minimum Gasteiger partial charge on any atom is -0.336 e. The lowest BCUT2D eigenvalue weighted by Crippen LogP contribution is -2.36. The van der Waals surface area contributed by atoms with Gasteiger partial charge in [0.25, 0.3) is 5.69 Å². The molecule has 1 N–H and O–H groups in total. The largest absolute Gasteiger partial charge is 0.336 e. The fraction of sp³-hybridized carbons (Fsp3) is 0.222. The van der Waals surface area contributed by atoms with E-state index < -0.39 is 4.92 Å². The van der Waals surface area contributed by atoms with Crippen molar-refractivity contribution in [2.45, 2.75) is 9.79 Å². The second-order valence-corrected chi connectivity index (χ2v) is 7.43. The number of nitro groups is 1. The van der Waals surface area contributed by atoms with Gasteiger partial charge in [-0.1, -0.05) is 12.1 Å². The molecule has 0 aliphatic heterocycles. The van der Waals surface area contributed by atoms with Crippen LogP contribution in [0, 0.1) is 10.1 Å². The summed E-state index contributed by atoms with van der Waals surface area (Å²) >= 11 is 2.80. The van der Waals surface area contributed by atoms with Gasteiger partial charge in [0.15, 0.2) is 0 Å². The Morgan fingerprint density at radius 3 is 2.44 bits per heavy atom. The first-order valence-corrected chi connectivity index (χ1v) is 10.2. The quantitative estimate of drug-likeness (QED) is 0.410. The lowest BCUT2D eigenvalue weighted by Gasteiger charge is -2.17. The zero-order valence-corrected chi connectivity index (χ0v) is 16.5. The monoisotopic (exact) mass is 405 g/mol. The average molecular weight is 406 g/mol. The number of benzene rings is 2. The normalized spacial score (nSPS) is 10.3. The highest BCUT2D eigenvalue weighted by Gasteiger charge is 2.15. The molecule has 0 aromatic heterocycles. The van der Waals surface area contributed by atoms with Gasteiger partial charge in [-0.2, -0.15) is 0 Å². The third-order valence-electron chi connectivity index (χ3n) is 3.60. The summed E-state index contributed by atoms with van der Waals surface area (Å²) in [5.41, 5.74) is 0.723. The number of nitrogens with one attached hydrogen (secondary N) is 1. The number of carbonyl (C=O) groups excluding carboxylic acids is 2. The maximum absolute atomic E-state index is 12.2. The second-order valence-electron chi connectivity index (χ2n) is 5.54. The number of carbonyl (C=O) groups is 2. The van der Waals surface area contributed by atoms with Crippen LogP contribution in [0.25, 0.3) is 0 Å². The Balaban J connectivity index is 1.84. The maximum Gasteiger partial charge on any atom is 0.269 e. The summed E-state index contributed by atoms with van der Waals surface area (Å²) in [6, 6.07) is 13.5. The van der Waals surface area contributed by atoms with Gasteiger partial charge < -0.3 is 10.2 Å². The van der Waals surface area contributed by atoms with E-state index in [0.29, 0.717) is 0 Å². The van der Waals surface area contributed by atoms with Crippen molar-refractivity contribution in [2.24, 2.45) is 0 Å². The van der Waals surface area contributed by atoms with E-state index in [4.69, 9.17) is 0 Å². The molecule has 0 saturated heterocycles. The van der Waals surface area contributed by atoms with E-state index >= 15 is 0 Å². The minimum atomic E-state index is -0.471. The van der Waals surface area contributed by atoms with Crippen molar-refractivity contribution in [1.82, 2.24) is 4.90 Å². The van der Waals surface area contributed by atoms with Crippen LogP contribution in [-0.2, 0) is 9.59 Å².